The molecule has 0 saturated heterocycles. The third-order valence-electron chi connectivity index (χ3n) is 3.53. The third kappa shape index (κ3) is 5.09. The van der Waals surface area contributed by atoms with Crippen LogP contribution in [0.5, 0.6) is 0 Å². The second-order valence-corrected chi connectivity index (χ2v) is 7.63. The van der Waals surface area contributed by atoms with Gasteiger partial charge in [-0.3, -0.25) is 0 Å². The van der Waals surface area contributed by atoms with Crippen LogP contribution >= 0.6 is 23.5 Å². The number of nitrogens with zero attached hydrogens (tertiary/aromatic N) is 3. The fraction of sp³-hybridized carbons (Fsp3) is 0. The zero-order chi connectivity index (χ0) is 18.3. The molecule has 0 spiro atoms. The van der Waals surface area contributed by atoms with Gasteiger partial charge in [-0.25, -0.2) is 0 Å². The summed E-state index contributed by atoms with van der Waals surface area (Å²) in [6.07, 6.45) is 0. The number of nitrogens with one attached hydrogen (secondary N) is 1. The van der Waals surface area contributed by atoms with E-state index in [0.717, 1.165) is 15.5 Å². The highest BCUT2D eigenvalue weighted by molar-refractivity contribution is 7.99. The van der Waals surface area contributed by atoms with Crippen molar-refractivity contribution in [3.8, 4) is 0 Å². The molecule has 0 aliphatic heterocycles. The van der Waals surface area contributed by atoms with E-state index in [4.69, 9.17) is 0 Å². The molecule has 1 N–H and O–H groups in total. The Morgan fingerprint density at radius 3 is 1.44 bits per heavy atom. The SMILES string of the molecule is c1ccc(Nc2nc(Sc3ccccc3)nc(Sc3ccccc3)n2)cc1. The van der Waals surface area contributed by atoms with Crippen LogP contribution in [0.4, 0.5) is 11.6 Å². The van der Waals surface area contributed by atoms with Gasteiger partial charge in [0.2, 0.25) is 5.95 Å². The molecule has 0 unspecified atom stereocenters. The number of hydrogen-bond acceptors (Lipinski definition) is 6. The first-order valence-corrected chi connectivity index (χ1v) is 10.0. The third-order valence-corrected chi connectivity index (χ3v) is 5.28. The zero-order valence-electron chi connectivity index (χ0n) is 14.3. The Morgan fingerprint density at radius 1 is 0.519 bits per heavy atom. The van der Waals surface area contributed by atoms with E-state index in [1.54, 1.807) is 0 Å². The highest BCUT2D eigenvalue weighted by Crippen LogP contribution is 2.30. The van der Waals surface area contributed by atoms with Gasteiger partial charge in [0.05, 0.1) is 0 Å². The maximum Gasteiger partial charge on any atom is 0.232 e. The highest BCUT2D eigenvalue weighted by atomic mass is 32.2. The van der Waals surface area contributed by atoms with E-state index >= 15 is 0 Å². The lowest BCUT2D eigenvalue weighted by molar-refractivity contribution is 0.810. The fourth-order valence-corrected chi connectivity index (χ4v) is 3.92. The largest absolute Gasteiger partial charge is 0.324 e. The second kappa shape index (κ2) is 8.70. The first kappa shape index (κ1) is 17.6. The van der Waals surface area contributed by atoms with Crippen molar-refractivity contribution in [1.29, 1.82) is 0 Å². The average molecular weight is 389 g/mol. The van der Waals surface area contributed by atoms with Crippen LogP contribution in [-0.2, 0) is 0 Å². The molecule has 0 aliphatic rings. The number of rotatable bonds is 6. The Hall–Kier alpha value is -2.83. The van der Waals surface area contributed by atoms with E-state index in [0.29, 0.717) is 16.3 Å². The molecule has 27 heavy (non-hydrogen) atoms. The molecule has 0 amide bonds. The molecule has 0 bridgehead atoms. The Balaban J connectivity index is 1.64. The van der Waals surface area contributed by atoms with E-state index in [-0.39, 0.29) is 0 Å². The van der Waals surface area contributed by atoms with Crippen LogP contribution in [0.1, 0.15) is 0 Å². The minimum absolute atomic E-state index is 0.535. The van der Waals surface area contributed by atoms with Gasteiger partial charge in [-0.2, -0.15) is 15.0 Å². The standard InChI is InChI=1S/C21H16N4S2/c1-4-10-16(11-5-1)22-19-23-20(26-17-12-6-2-7-13-17)25-21(24-19)27-18-14-8-3-9-15-18/h1-15H,(H,22,23,24,25). The molecule has 0 atom stereocenters. The second-order valence-electron chi connectivity index (χ2n) is 5.55. The van der Waals surface area contributed by atoms with Gasteiger partial charge in [-0.15, -0.1) is 0 Å². The van der Waals surface area contributed by atoms with Crippen molar-refractivity contribution >= 4 is 35.2 Å². The first-order valence-electron chi connectivity index (χ1n) is 8.39. The normalized spacial score (nSPS) is 10.5. The topological polar surface area (TPSA) is 50.7 Å². The fourth-order valence-electron chi connectivity index (χ4n) is 2.32. The van der Waals surface area contributed by atoms with Crippen molar-refractivity contribution in [2.75, 3.05) is 5.32 Å². The molecule has 3 aromatic carbocycles. The Labute approximate surface area is 166 Å². The van der Waals surface area contributed by atoms with Crippen LogP contribution in [0.3, 0.4) is 0 Å². The summed E-state index contributed by atoms with van der Waals surface area (Å²) < 4.78 is 0. The van der Waals surface area contributed by atoms with Crippen LogP contribution < -0.4 is 5.32 Å². The van der Waals surface area contributed by atoms with Gasteiger partial charge in [0.25, 0.3) is 0 Å². The number of para-hydroxylation sites is 1. The van der Waals surface area contributed by atoms with Gasteiger partial charge in [-0.05, 0) is 59.9 Å². The van der Waals surface area contributed by atoms with Gasteiger partial charge < -0.3 is 5.32 Å². The first-order chi connectivity index (χ1) is 13.3. The summed E-state index contributed by atoms with van der Waals surface area (Å²) in [6, 6.07) is 30.1. The smallest absolute Gasteiger partial charge is 0.232 e. The summed E-state index contributed by atoms with van der Waals surface area (Å²) >= 11 is 3.04. The Bertz CT molecular complexity index is 852. The zero-order valence-corrected chi connectivity index (χ0v) is 16.0. The van der Waals surface area contributed by atoms with Crippen LogP contribution in [0.25, 0.3) is 0 Å². The summed E-state index contributed by atoms with van der Waals surface area (Å²) in [5, 5.41) is 4.59. The molecular formula is C21H16N4S2. The average Bonchev–Trinajstić information content (AvgIpc) is 2.70. The quantitative estimate of drug-likeness (QED) is 0.443. The maximum absolute atomic E-state index is 4.63. The summed E-state index contributed by atoms with van der Waals surface area (Å²) in [4.78, 5) is 16.0. The number of hydrogen-bond donors (Lipinski definition) is 1. The van der Waals surface area contributed by atoms with Gasteiger partial charge in [0.1, 0.15) is 0 Å². The molecule has 0 saturated carbocycles. The molecule has 4 aromatic rings. The molecule has 132 valence electrons. The number of benzene rings is 3. The van der Waals surface area contributed by atoms with Crippen molar-refractivity contribution in [2.45, 2.75) is 20.1 Å². The predicted molar refractivity (Wildman–Crippen MR) is 111 cm³/mol. The van der Waals surface area contributed by atoms with Gasteiger partial charge in [0, 0.05) is 15.5 Å². The predicted octanol–water partition coefficient (Wildman–Crippen LogP) is 5.92. The van der Waals surface area contributed by atoms with Crippen molar-refractivity contribution in [2.24, 2.45) is 0 Å². The molecule has 4 nitrogen and oxygen atoms in total. The summed E-state index contributed by atoms with van der Waals surface area (Å²) in [7, 11) is 0. The van der Waals surface area contributed by atoms with Crippen LogP contribution in [-0.4, -0.2) is 15.0 Å². The van der Waals surface area contributed by atoms with E-state index in [2.05, 4.69) is 20.3 Å². The van der Waals surface area contributed by atoms with E-state index < -0.39 is 0 Å². The molecule has 0 radical (unpaired) electrons. The van der Waals surface area contributed by atoms with Crippen molar-refractivity contribution < 1.29 is 0 Å². The minimum atomic E-state index is 0.535. The van der Waals surface area contributed by atoms with Gasteiger partial charge in [-0.1, -0.05) is 54.6 Å². The number of anilines is 2. The van der Waals surface area contributed by atoms with E-state index in [9.17, 15) is 0 Å². The maximum atomic E-state index is 4.63. The molecular weight excluding hydrogens is 372 g/mol. The number of aromatic nitrogens is 3. The van der Waals surface area contributed by atoms with Crippen molar-refractivity contribution in [3.05, 3.63) is 91.0 Å². The van der Waals surface area contributed by atoms with Crippen molar-refractivity contribution in [3.63, 3.8) is 0 Å². The monoisotopic (exact) mass is 388 g/mol. The summed E-state index contributed by atoms with van der Waals surface area (Å²) in [5.74, 6) is 0.535. The van der Waals surface area contributed by atoms with E-state index in [1.165, 1.54) is 23.5 Å². The van der Waals surface area contributed by atoms with Crippen LogP contribution in [0.2, 0.25) is 0 Å². The summed E-state index contributed by atoms with van der Waals surface area (Å²) in [5.41, 5.74) is 0.940. The van der Waals surface area contributed by atoms with Gasteiger partial charge >= 0.3 is 0 Å². The Kier molecular flexibility index (Phi) is 5.67. The molecule has 1 aromatic heterocycles. The van der Waals surface area contributed by atoms with Gasteiger partial charge in [0.15, 0.2) is 10.3 Å². The Morgan fingerprint density at radius 2 is 0.963 bits per heavy atom. The minimum Gasteiger partial charge on any atom is -0.324 e. The molecule has 0 fully saturated rings. The highest BCUT2D eigenvalue weighted by Gasteiger charge is 2.10. The van der Waals surface area contributed by atoms with Crippen molar-refractivity contribution in [1.82, 2.24) is 15.0 Å². The molecule has 0 aliphatic carbocycles. The molecule has 1 heterocycles. The molecule has 6 heteroatoms. The lowest BCUT2D eigenvalue weighted by Gasteiger charge is -2.08. The van der Waals surface area contributed by atoms with Crippen LogP contribution in [0.15, 0.2) is 111 Å². The van der Waals surface area contributed by atoms with E-state index in [1.807, 2.05) is 91.0 Å². The molecule has 4 rings (SSSR count). The van der Waals surface area contributed by atoms with Crippen LogP contribution in [0, 0.1) is 0 Å². The summed E-state index contributed by atoms with van der Waals surface area (Å²) in [6.45, 7) is 0. The lowest BCUT2D eigenvalue weighted by atomic mass is 10.3. The lowest BCUT2D eigenvalue weighted by Crippen LogP contribution is -2.02.